The van der Waals surface area contributed by atoms with Gasteiger partial charge in [-0.25, -0.2) is 19.6 Å². The molecule has 14 heteroatoms. The van der Waals surface area contributed by atoms with Crippen LogP contribution in [-0.4, -0.2) is 93.1 Å². The van der Waals surface area contributed by atoms with E-state index in [4.69, 9.17) is 19.4 Å². The van der Waals surface area contributed by atoms with E-state index in [0.29, 0.717) is 37.3 Å². The Balaban J connectivity index is 1.09. The van der Waals surface area contributed by atoms with Crippen LogP contribution in [0.15, 0.2) is 60.7 Å². The fourth-order valence-corrected chi connectivity index (χ4v) is 7.76. The molecule has 5 aromatic rings. The van der Waals surface area contributed by atoms with Crippen molar-refractivity contribution in [1.29, 1.82) is 0 Å². The number of imidazole rings is 2. The van der Waals surface area contributed by atoms with Crippen LogP contribution in [0.3, 0.4) is 0 Å². The highest BCUT2D eigenvalue weighted by atomic mass is 16.5. The number of aromatic amines is 2. The number of benzene rings is 3. The van der Waals surface area contributed by atoms with E-state index in [0.717, 1.165) is 44.3 Å². The first-order valence-corrected chi connectivity index (χ1v) is 19.7. The molecule has 2 saturated carbocycles. The van der Waals surface area contributed by atoms with Crippen molar-refractivity contribution in [3.63, 3.8) is 0 Å². The lowest BCUT2D eigenvalue weighted by molar-refractivity contribution is -0.129. The highest BCUT2D eigenvalue weighted by Gasteiger charge is 2.57. The largest absolute Gasteiger partial charge is 0.453 e. The molecule has 0 spiro atoms. The minimum atomic E-state index is -0.921. The van der Waals surface area contributed by atoms with Crippen molar-refractivity contribution in [3.8, 4) is 22.3 Å². The molecule has 3 aromatic carbocycles. The zero-order valence-corrected chi connectivity index (χ0v) is 35.0. The molecule has 306 valence electrons. The van der Waals surface area contributed by atoms with Gasteiger partial charge in [0.15, 0.2) is 0 Å². The number of hydrogen-bond acceptors (Lipinski definition) is 8. The molecule has 7 rings (SSSR count). The van der Waals surface area contributed by atoms with Crippen molar-refractivity contribution < 1.29 is 28.7 Å². The molecule has 2 atom stereocenters. The Morgan fingerprint density at radius 1 is 0.603 bits per heavy atom. The molecule has 2 heterocycles. The van der Waals surface area contributed by atoms with E-state index in [1.54, 1.807) is 14.1 Å². The predicted octanol–water partition coefficient (Wildman–Crippen LogP) is 7.64. The normalized spacial score (nSPS) is 16.6. The fourth-order valence-electron chi connectivity index (χ4n) is 7.76. The van der Waals surface area contributed by atoms with Crippen molar-refractivity contribution in [3.05, 3.63) is 72.3 Å². The van der Waals surface area contributed by atoms with Crippen LogP contribution in [0.25, 0.3) is 44.3 Å². The second-order valence-electron chi connectivity index (χ2n) is 18.0. The first-order valence-electron chi connectivity index (χ1n) is 19.7. The molecule has 2 aromatic heterocycles. The fraction of sp³-hybridized carbons (Fsp3) is 0.455. The summed E-state index contributed by atoms with van der Waals surface area (Å²) in [5.74, 6) is 0.845. The third kappa shape index (κ3) is 7.35. The van der Waals surface area contributed by atoms with Gasteiger partial charge in [0.05, 0.1) is 48.4 Å². The minimum absolute atomic E-state index is 0.222. The second kappa shape index (κ2) is 14.5. The molecular weight excluding hydrogens is 737 g/mol. The maximum atomic E-state index is 13.6. The number of nitrogens with zero attached hydrogens (tertiary/aromatic N) is 4. The molecule has 14 nitrogen and oxygen atoms in total. The monoisotopic (exact) mass is 790 g/mol. The Labute approximate surface area is 338 Å². The number of carbonyl (C=O) groups is 4. The van der Waals surface area contributed by atoms with Gasteiger partial charge >= 0.3 is 12.2 Å². The molecular formula is C44H54N8O6. The van der Waals surface area contributed by atoms with Gasteiger partial charge in [-0.15, -0.1) is 0 Å². The molecule has 0 bridgehead atoms. The first kappa shape index (κ1) is 40.3. The summed E-state index contributed by atoms with van der Waals surface area (Å²) < 4.78 is 9.78. The number of H-pyrrole nitrogens is 2. The molecule has 58 heavy (non-hydrogen) atoms. The van der Waals surface area contributed by atoms with Gasteiger partial charge in [0.2, 0.25) is 11.8 Å². The molecule has 4 N–H and O–H groups in total. The number of ether oxygens (including phenoxy) is 2. The number of hydrogen-bond donors (Lipinski definition) is 4. The van der Waals surface area contributed by atoms with E-state index in [-0.39, 0.29) is 22.6 Å². The zero-order chi connectivity index (χ0) is 41.9. The third-order valence-corrected chi connectivity index (χ3v) is 11.9. The van der Waals surface area contributed by atoms with E-state index < -0.39 is 35.3 Å². The smallest absolute Gasteiger partial charge is 0.410 e. The van der Waals surface area contributed by atoms with E-state index in [2.05, 4.69) is 57.0 Å². The van der Waals surface area contributed by atoms with Crippen LogP contribution in [0.5, 0.6) is 0 Å². The number of aromatic nitrogens is 4. The maximum Gasteiger partial charge on any atom is 0.410 e. The van der Waals surface area contributed by atoms with Crippen molar-refractivity contribution in [2.45, 2.75) is 90.4 Å². The number of fused-ring (bicyclic) bond motifs is 2. The third-order valence-electron chi connectivity index (χ3n) is 11.9. The Kier molecular flexibility index (Phi) is 10.1. The van der Waals surface area contributed by atoms with Gasteiger partial charge in [-0.1, -0.05) is 77.9 Å². The highest BCUT2D eigenvalue weighted by molar-refractivity contribution is 5.94. The Bertz CT molecular complexity index is 2230. The SMILES string of the molecule is COC(=O)N(C)C1(C(=O)N[C@H](c2nc3ccc(-c4ccc(-c5ccc6nc([C@@H](NC(=O)C7(N(C)C(=O)OC)CC7)C(C)(C)C)[nH]c6c5)cc4)cc3[nH]2)C(C)(C)C)CC1. The number of rotatable bonds is 10. The van der Waals surface area contributed by atoms with Crippen LogP contribution in [-0.2, 0) is 19.1 Å². The summed E-state index contributed by atoms with van der Waals surface area (Å²) in [5, 5.41) is 6.38. The standard InChI is InChI=1S/C44H54N8O6/c1-41(2,3)33(49-37(53)43(19-20-43)51(7)39(55)57-9)35-45-29-17-15-27(23-31(29)47-35)25-11-13-26(14-12-25)28-16-18-30-32(24-28)48-36(46-30)34(42(4,5)6)50-38(54)44(21-22-44)52(8)40(56)58-10/h11-18,23-24,33-34H,19-22H2,1-10H3,(H,45,47)(H,46,48)(H,49,53)(H,50,54)/t33-,34-/m1/s1. The highest BCUT2D eigenvalue weighted by Crippen LogP contribution is 2.45. The lowest BCUT2D eigenvalue weighted by Crippen LogP contribution is -2.52. The second-order valence-corrected chi connectivity index (χ2v) is 18.0. The van der Waals surface area contributed by atoms with E-state index in [1.165, 1.54) is 24.0 Å². The Hall–Kier alpha value is -5.92. The summed E-state index contributed by atoms with van der Waals surface area (Å²) in [6.07, 6.45) is 1.20. The zero-order valence-electron chi connectivity index (χ0n) is 35.0. The van der Waals surface area contributed by atoms with Gasteiger partial charge in [-0.05, 0) is 83.0 Å². The number of carbonyl (C=O) groups excluding carboxylic acids is 4. The van der Waals surface area contributed by atoms with Crippen LogP contribution in [0.4, 0.5) is 9.59 Å². The van der Waals surface area contributed by atoms with Crippen LogP contribution in [0, 0.1) is 10.8 Å². The van der Waals surface area contributed by atoms with Crippen LogP contribution >= 0.6 is 0 Å². The molecule has 0 aliphatic heterocycles. The average Bonchev–Trinajstić information content (AvgIpc) is 4.10. The van der Waals surface area contributed by atoms with Gasteiger partial charge in [-0.2, -0.15) is 0 Å². The summed E-state index contributed by atoms with van der Waals surface area (Å²) in [7, 11) is 5.82. The van der Waals surface area contributed by atoms with Crippen molar-refractivity contribution >= 4 is 46.1 Å². The van der Waals surface area contributed by atoms with E-state index >= 15 is 0 Å². The van der Waals surface area contributed by atoms with E-state index in [1.807, 2.05) is 65.8 Å². The van der Waals surface area contributed by atoms with Crippen LogP contribution in [0.1, 0.15) is 91.0 Å². The summed E-state index contributed by atoms with van der Waals surface area (Å²) in [6.45, 7) is 12.3. The Morgan fingerprint density at radius 2 is 0.931 bits per heavy atom. The number of methoxy groups -OCH3 is 2. The number of amides is 4. The lowest BCUT2D eigenvalue weighted by Gasteiger charge is -2.33. The first-order chi connectivity index (χ1) is 27.3. The number of likely N-dealkylation sites (N-methyl/N-ethyl adjacent to an activating group) is 2. The van der Waals surface area contributed by atoms with Crippen molar-refractivity contribution in [2.24, 2.45) is 10.8 Å². The van der Waals surface area contributed by atoms with Crippen molar-refractivity contribution in [1.82, 2.24) is 40.4 Å². The van der Waals surface area contributed by atoms with Crippen LogP contribution in [0.2, 0.25) is 0 Å². The lowest BCUT2D eigenvalue weighted by atomic mass is 9.86. The molecule has 0 radical (unpaired) electrons. The quantitative estimate of drug-likeness (QED) is 0.112. The topological polar surface area (TPSA) is 175 Å². The van der Waals surface area contributed by atoms with Crippen molar-refractivity contribution in [2.75, 3.05) is 28.3 Å². The Morgan fingerprint density at radius 3 is 1.22 bits per heavy atom. The molecule has 0 unspecified atom stereocenters. The predicted molar refractivity (Wildman–Crippen MR) is 222 cm³/mol. The summed E-state index contributed by atoms with van der Waals surface area (Å²) >= 11 is 0. The van der Waals surface area contributed by atoms with Gasteiger partial charge in [0, 0.05) is 14.1 Å². The minimum Gasteiger partial charge on any atom is -0.453 e. The molecule has 4 amide bonds. The molecule has 0 saturated heterocycles. The summed E-state index contributed by atoms with van der Waals surface area (Å²) in [5.41, 5.74) is 4.75. The maximum absolute atomic E-state index is 13.6. The van der Waals surface area contributed by atoms with Gasteiger partial charge in [-0.3, -0.25) is 19.4 Å². The van der Waals surface area contributed by atoms with Gasteiger partial charge in [0.1, 0.15) is 22.7 Å². The molecule has 2 aliphatic rings. The van der Waals surface area contributed by atoms with Gasteiger partial charge < -0.3 is 30.1 Å². The summed E-state index contributed by atoms with van der Waals surface area (Å²) in [6, 6.07) is 19.7. The van der Waals surface area contributed by atoms with E-state index in [9.17, 15) is 19.2 Å². The average molecular weight is 791 g/mol. The summed E-state index contributed by atoms with van der Waals surface area (Å²) in [4.78, 5) is 71.3. The molecule has 2 aliphatic carbocycles. The van der Waals surface area contributed by atoms with Gasteiger partial charge in [0.25, 0.3) is 0 Å². The molecule has 2 fully saturated rings. The van der Waals surface area contributed by atoms with Crippen LogP contribution < -0.4 is 10.6 Å². The number of nitrogens with one attached hydrogen (secondary N) is 4.